The lowest BCUT2D eigenvalue weighted by Crippen LogP contribution is -2.43. The molecule has 1 amide bonds. The Kier molecular flexibility index (Phi) is 7.08. The first-order valence-corrected chi connectivity index (χ1v) is 11.5. The van der Waals surface area contributed by atoms with Gasteiger partial charge in [-0.05, 0) is 13.0 Å². The van der Waals surface area contributed by atoms with Gasteiger partial charge in [0.25, 0.3) is 0 Å². The molecule has 0 fully saturated rings. The molecule has 132 valence electrons. The number of amides is 1. The van der Waals surface area contributed by atoms with E-state index in [1.807, 2.05) is 0 Å². The van der Waals surface area contributed by atoms with Crippen LogP contribution >= 0.6 is 0 Å². The summed E-state index contributed by atoms with van der Waals surface area (Å²) in [6, 6.07) is 1.08. The molecule has 1 unspecified atom stereocenters. The van der Waals surface area contributed by atoms with Gasteiger partial charge >= 0.3 is 6.09 Å². The topological polar surface area (TPSA) is 71.1 Å². The molecule has 0 aromatic carbocycles. The van der Waals surface area contributed by atoms with Crippen LogP contribution < -0.4 is 5.32 Å². The molecule has 0 aromatic heterocycles. The summed E-state index contributed by atoms with van der Waals surface area (Å²) in [7, 11) is 2.12. The van der Waals surface area contributed by atoms with Crippen molar-refractivity contribution in [3.05, 3.63) is 11.9 Å². The quantitative estimate of drug-likeness (QED) is 0.534. The third kappa shape index (κ3) is 7.04. The predicted molar refractivity (Wildman–Crippen MR) is 91.5 cm³/mol. The number of nitrogens with one attached hydrogen (secondary N) is 1. The lowest BCUT2D eigenvalue weighted by molar-refractivity contribution is -0.123. The zero-order chi connectivity index (χ0) is 17.6. The van der Waals surface area contributed by atoms with Crippen molar-refractivity contribution < 1.29 is 19.1 Å². The highest BCUT2D eigenvalue weighted by molar-refractivity contribution is 6.76. The first-order chi connectivity index (χ1) is 10.6. The minimum absolute atomic E-state index is 0.0102. The number of nitrogens with zero attached hydrogens (tertiary/aromatic N) is 2. The number of ether oxygens (including phenoxy) is 2. The van der Waals surface area contributed by atoms with Crippen molar-refractivity contribution >= 4 is 20.0 Å². The van der Waals surface area contributed by atoms with Gasteiger partial charge in [-0.3, -0.25) is 4.79 Å². The van der Waals surface area contributed by atoms with Gasteiger partial charge in [0.05, 0.1) is 5.70 Å². The van der Waals surface area contributed by atoms with E-state index in [2.05, 4.69) is 25.0 Å². The van der Waals surface area contributed by atoms with Gasteiger partial charge in [-0.15, -0.1) is 0 Å². The summed E-state index contributed by atoms with van der Waals surface area (Å²) >= 11 is 0. The van der Waals surface area contributed by atoms with Crippen molar-refractivity contribution in [2.75, 3.05) is 34.0 Å². The first kappa shape index (κ1) is 19.5. The van der Waals surface area contributed by atoms with Crippen molar-refractivity contribution in [3.8, 4) is 0 Å². The highest BCUT2D eigenvalue weighted by Gasteiger charge is 2.28. The average Bonchev–Trinajstić information content (AvgIpc) is 2.83. The van der Waals surface area contributed by atoms with E-state index < -0.39 is 20.3 Å². The van der Waals surface area contributed by atoms with E-state index in [9.17, 15) is 9.59 Å². The van der Waals surface area contributed by atoms with Crippen LogP contribution in [-0.2, 0) is 14.3 Å². The molecule has 1 aliphatic rings. The third-order valence-corrected chi connectivity index (χ3v) is 5.02. The number of carbonyl (C=O) groups excluding carboxylic acids is 2. The second-order valence-electron chi connectivity index (χ2n) is 7.12. The van der Waals surface area contributed by atoms with Gasteiger partial charge in [0.1, 0.15) is 13.3 Å². The van der Waals surface area contributed by atoms with Crippen LogP contribution in [0.2, 0.25) is 25.7 Å². The minimum Gasteiger partial charge on any atom is -0.443 e. The Morgan fingerprint density at radius 3 is 2.52 bits per heavy atom. The van der Waals surface area contributed by atoms with Crippen LogP contribution in [0.25, 0.3) is 0 Å². The number of hydrogen-bond donors (Lipinski definition) is 1. The van der Waals surface area contributed by atoms with Crippen LogP contribution in [-0.4, -0.2) is 70.0 Å². The molecule has 1 rings (SSSR count). The fourth-order valence-corrected chi connectivity index (χ4v) is 2.67. The van der Waals surface area contributed by atoms with Gasteiger partial charge in [-0.25, -0.2) is 4.79 Å². The van der Waals surface area contributed by atoms with Crippen LogP contribution in [0.4, 0.5) is 4.79 Å². The molecule has 7 nitrogen and oxygen atoms in total. The number of carbonyl (C=O) groups is 2. The molecular weight excluding hydrogens is 314 g/mol. The summed E-state index contributed by atoms with van der Waals surface area (Å²) in [5, 5.41) is 3.06. The Balaban J connectivity index is 2.50. The monoisotopic (exact) mass is 343 g/mol. The summed E-state index contributed by atoms with van der Waals surface area (Å²) < 4.78 is 10.8. The molecule has 1 atom stereocenters. The molecule has 1 N–H and O–H groups in total. The van der Waals surface area contributed by atoms with Gasteiger partial charge in [-0.1, -0.05) is 19.6 Å². The molecule has 1 heterocycles. The molecule has 0 aliphatic carbocycles. The van der Waals surface area contributed by atoms with Crippen LogP contribution in [0.3, 0.4) is 0 Å². The summed E-state index contributed by atoms with van der Waals surface area (Å²) in [5.41, 5.74) is 0.689. The Bertz CT molecular complexity index is 460. The van der Waals surface area contributed by atoms with Gasteiger partial charge in [0, 0.05) is 35.0 Å². The Morgan fingerprint density at radius 1 is 1.35 bits per heavy atom. The van der Waals surface area contributed by atoms with Gasteiger partial charge < -0.3 is 24.6 Å². The van der Waals surface area contributed by atoms with E-state index in [1.165, 1.54) is 11.8 Å². The molecule has 0 aromatic rings. The largest absolute Gasteiger partial charge is 0.443 e. The zero-order valence-corrected chi connectivity index (χ0v) is 16.0. The second-order valence-corrected chi connectivity index (χ2v) is 12.7. The van der Waals surface area contributed by atoms with Crippen molar-refractivity contribution in [1.29, 1.82) is 0 Å². The highest BCUT2D eigenvalue weighted by atomic mass is 28.3. The van der Waals surface area contributed by atoms with Crippen LogP contribution in [0.5, 0.6) is 0 Å². The smallest absolute Gasteiger partial charge is 0.409 e. The number of Topliss-reactive ketones (excluding diaryl/α,β-unsaturated/α-hetero) is 1. The predicted octanol–water partition coefficient (Wildman–Crippen LogP) is 1.66. The molecule has 1 aliphatic heterocycles. The minimum atomic E-state index is -1.13. The van der Waals surface area contributed by atoms with E-state index in [0.29, 0.717) is 19.0 Å². The Hall–Kier alpha value is -1.54. The standard InChI is InChI=1S/C15H29N3O4Si/c1-12(19)14-16-13(10-22-15(20)17(2)3)9-18(14)11-21-7-8-23(4,5)6/h9,14,16H,7-8,10-11H2,1-6H3. The first-order valence-electron chi connectivity index (χ1n) is 7.75. The van der Waals surface area contributed by atoms with E-state index >= 15 is 0 Å². The zero-order valence-electron chi connectivity index (χ0n) is 15.0. The molecule has 0 saturated carbocycles. The van der Waals surface area contributed by atoms with Crippen LogP contribution in [0.1, 0.15) is 6.92 Å². The Labute approximate surface area is 139 Å². The fourth-order valence-electron chi connectivity index (χ4n) is 1.91. The van der Waals surface area contributed by atoms with Crippen molar-refractivity contribution in [2.24, 2.45) is 0 Å². The summed E-state index contributed by atoms with van der Waals surface area (Å²) in [6.07, 6.45) is 0.899. The molecular formula is C15H29N3O4Si. The molecule has 0 saturated heterocycles. The number of ketones is 1. The summed E-state index contributed by atoms with van der Waals surface area (Å²) in [4.78, 5) is 26.3. The lowest BCUT2D eigenvalue weighted by atomic mass is 10.3. The summed E-state index contributed by atoms with van der Waals surface area (Å²) in [5.74, 6) is -0.0102. The van der Waals surface area contributed by atoms with Gasteiger partial charge in [0.2, 0.25) is 0 Å². The summed E-state index contributed by atoms with van der Waals surface area (Å²) in [6.45, 7) is 9.54. The fraction of sp³-hybridized carbons (Fsp3) is 0.733. The molecule has 8 heteroatoms. The van der Waals surface area contributed by atoms with Crippen LogP contribution in [0.15, 0.2) is 11.9 Å². The molecule has 0 radical (unpaired) electrons. The Morgan fingerprint density at radius 2 is 2.00 bits per heavy atom. The SMILES string of the molecule is CC(=O)C1NC(COC(=O)N(C)C)=CN1COCC[Si](C)(C)C. The van der Waals surface area contributed by atoms with Crippen molar-refractivity contribution in [3.63, 3.8) is 0 Å². The van der Waals surface area contributed by atoms with E-state index in [0.717, 1.165) is 6.04 Å². The highest BCUT2D eigenvalue weighted by Crippen LogP contribution is 2.14. The molecule has 0 spiro atoms. The lowest BCUT2D eigenvalue weighted by Gasteiger charge is -2.24. The average molecular weight is 344 g/mol. The maximum atomic E-state index is 11.7. The van der Waals surface area contributed by atoms with E-state index in [4.69, 9.17) is 9.47 Å². The third-order valence-electron chi connectivity index (χ3n) is 3.31. The molecule has 23 heavy (non-hydrogen) atoms. The normalized spacial score (nSPS) is 17.6. The number of rotatable bonds is 8. The molecule has 0 bridgehead atoms. The van der Waals surface area contributed by atoms with E-state index in [-0.39, 0.29) is 12.4 Å². The maximum Gasteiger partial charge on any atom is 0.409 e. The van der Waals surface area contributed by atoms with Crippen molar-refractivity contribution in [1.82, 2.24) is 15.1 Å². The van der Waals surface area contributed by atoms with Crippen molar-refractivity contribution in [2.45, 2.75) is 38.8 Å². The number of hydrogen-bond acceptors (Lipinski definition) is 6. The van der Waals surface area contributed by atoms with Crippen LogP contribution in [0, 0.1) is 0 Å². The maximum absolute atomic E-state index is 11.7. The second kappa shape index (κ2) is 8.35. The van der Waals surface area contributed by atoms with E-state index in [1.54, 1.807) is 25.2 Å². The van der Waals surface area contributed by atoms with Gasteiger partial charge in [0.15, 0.2) is 11.9 Å². The van der Waals surface area contributed by atoms with Gasteiger partial charge in [-0.2, -0.15) is 0 Å².